The van der Waals surface area contributed by atoms with E-state index in [2.05, 4.69) is 21.2 Å². The molecule has 1 N–H and O–H groups in total. The fourth-order valence-corrected chi connectivity index (χ4v) is 1.95. The van der Waals surface area contributed by atoms with E-state index in [1.165, 1.54) is 0 Å². The lowest BCUT2D eigenvalue weighted by atomic mass is 10.1. The molecular weight excluding hydrogens is 289 g/mol. The summed E-state index contributed by atoms with van der Waals surface area (Å²) in [7, 11) is 0. The predicted octanol–water partition coefficient (Wildman–Crippen LogP) is 3.50. The van der Waals surface area contributed by atoms with Crippen molar-refractivity contribution in [2.45, 2.75) is 26.3 Å². The molecular formula is C12H15BrClNO. The average molecular weight is 305 g/mol. The summed E-state index contributed by atoms with van der Waals surface area (Å²) in [5.74, 6) is 0.264. The summed E-state index contributed by atoms with van der Waals surface area (Å²) in [4.78, 5) is 12.0. The maximum absolute atomic E-state index is 12.0. The second-order valence-electron chi connectivity index (χ2n) is 4.45. The van der Waals surface area contributed by atoms with Gasteiger partial charge in [-0.25, -0.2) is 0 Å². The zero-order valence-electron chi connectivity index (χ0n) is 9.60. The second-order valence-corrected chi connectivity index (χ2v) is 5.58. The van der Waals surface area contributed by atoms with Gasteiger partial charge < -0.3 is 5.32 Å². The minimum atomic E-state index is -0.400. The summed E-state index contributed by atoms with van der Waals surface area (Å²) in [6.45, 7) is 5.76. The van der Waals surface area contributed by atoms with Crippen LogP contribution in [0.2, 0.25) is 0 Å². The van der Waals surface area contributed by atoms with Gasteiger partial charge in [-0.15, -0.1) is 11.6 Å². The minimum absolute atomic E-state index is 0.113. The number of hydrogen-bond donors (Lipinski definition) is 1. The SMILES string of the molecule is Cc1ccc(C(=O)NC(C)(C)CCl)c(Br)c1. The molecule has 0 radical (unpaired) electrons. The third-order valence-electron chi connectivity index (χ3n) is 2.16. The van der Waals surface area contributed by atoms with Gasteiger partial charge in [-0.3, -0.25) is 4.79 Å². The zero-order valence-corrected chi connectivity index (χ0v) is 11.9. The standard InChI is InChI=1S/C12H15BrClNO/c1-8-4-5-9(10(13)6-8)11(16)15-12(2,3)7-14/h4-6H,7H2,1-3H3,(H,15,16). The second kappa shape index (κ2) is 5.19. The van der Waals surface area contributed by atoms with Crippen LogP contribution in [0.15, 0.2) is 22.7 Å². The van der Waals surface area contributed by atoms with Crippen molar-refractivity contribution in [1.29, 1.82) is 0 Å². The molecule has 0 saturated heterocycles. The number of carbonyl (C=O) groups excluding carboxylic acids is 1. The quantitative estimate of drug-likeness (QED) is 0.851. The maximum Gasteiger partial charge on any atom is 0.252 e. The molecule has 0 fully saturated rings. The first kappa shape index (κ1) is 13.5. The summed E-state index contributed by atoms with van der Waals surface area (Å²) in [6, 6.07) is 5.63. The van der Waals surface area contributed by atoms with Crippen LogP contribution in [0.3, 0.4) is 0 Å². The Morgan fingerprint density at radius 2 is 2.12 bits per heavy atom. The van der Waals surface area contributed by atoms with Crippen molar-refractivity contribution in [2.75, 3.05) is 5.88 Å². The molecule has 1 amide bonds. The van der Waals surface area contributed by atoms with Gasteiger partial charge in [-0.2, -0.15) is 0 Å². The molecule has 0 heterocycles. The number of hydrogen-bond acceptors (Lipinski definition) is 1. The van der Waals surface area contributed by atoms with E-state index in [1.54, 1.807) is 6.07 Å². The topological polar surface area (TPSA) is 29.1 Å². The molecule has 0 aliphatic heterocycles. The smallest absolute Gasteiger partial charge is 0.252 e. The molecule has 0 unspecified atom stereocenters. The molecule has 0 aliphatic rings. The molecule has 0 saturated carbocycles. The number of rotatable bonds is 3. The van der Waals surface area contributed by atoms with E-state index < -0.39 is 5.54 Å². The number of carbonyl (C=O) groups is 1. The van der Waals surface area contributed by atoms with Gasteiger partial charge in [0, 0.05) is 15.9 Å². The maximum atomic E-state index is 12.0. The Balaban J connectivity index is 2.89. The van der Waals surface area contributed by atoms with Crippen LogP contribution in [0, 0.1) is 6.92 Å². The van der Waals surface area contributed by atoms with Crippen molar-refractivity contribution in [3.63, 3.8) is 0 Å². The van der Waals surface area contributed by atoms with Gasteiger partial charge in [0.25, 0.3) is 5.91 Å². The third-order valence-corrected chi connectivity index (χ3v) is 3.48. The largest absolute Gasteiger partial charge is 0.346 e. The van der Waals surface area contributed by atoms with Crippen LogP contribution < -0.4 is 5.32 Å². The molecule has 0 atom stereocenters. The molecule has 88 valence electrons. The Hall–Kier alpha value is -0.540. The Morgan fingerprint density at radius 3 is 2.62 bits per heavy atom. The summed E-state index contributed by atoms with van der Waals surface area (Å²) in [5.41, 5.74) is 1.34. The minimum Gasteiger partial charge on any atom is -0.346 e. The van der Waals surface area contributed by atoms with Crippen LogP contribution in [-0.4, -0.2) is 17.3 Å². The predicted molar refractivity (Wildman–Crippen MR) is 71.1 cm³/mol. The van der Waals surface area contributed by atoms with Gasteiger partial charge in [0.05, 0.1) is 5.56 Å². The van der Waals surface area contributed by atoms with Gasteiger partial charge >= 0.3 is 0 Å². The average Bonchev–Trinajstić information content (AvgIpc) is 2.16. The normalized spacial score (nSPS) is 11.3. The van der Waals surface area contributed by atoms with Crippen molar-refractivity contribution in [3.8, 4) is 0 Å². The van der Waals surface area contributed by atoms with Crippen LogP contribution in [0.1, 0.15) is 29.8 Å². The lowest BCUT2D eigenvalue weighted by molar-refractivity contribution is 0.0919. The van der Waals surface area contributed by atoms with E-state index in [1.807, 2.05) is 32.9 Å². The molecule has 16 heavy (non-hydrogen) atoms. The number of alkyl halides is 1. The molecule has 1 aromatic carbocycles. The summed E-state index contributed by atoms with van der Waals surface area (Å²) in [6.07, 6.45) is 0. The van der Waals surface area contributed by atoms with Crippen molar-refractivity contribution in [1.82, 2.24) is 5.32 Å². The Morgan fingerprint density at radius 1 is 1.50 bits per heavy atom. The molecule has 0 aromatic heterocycles. The fraction of sp³-hybridized carbons (Fsp3) is 0.417. The van der Waals surface area contributed by atoms with Crippen molar-refractivity contribution >= 4 is 33.4 Å². The molecule has 4 heteroatoms. The van der Waals surface area contributed by atoms with Crippen LogP contribution in [0.4, 0.5) is 0 Å². The summed E-state index contributed by atoms with van der Waals surface area (Å²) >= 11 is 9.15. The first-order valence-corrected chi connectivity index (χ1v) is 6.33. The van der Waals surface area contributed by atoms with Gasteiger partial charge in [-0.05, 0) is 54.4 Å². The number of amides is 1. The van der Waals surface area contributed by atoms with Crippen LogP contribution in [-0.2, 0) is 0 Å². The highest BCUT2D eigenvalue weighted by atomic mass is 79.9. The van der Waals surface area contributed by atoms with Crippen molar-refractivity contribution in [3.05, 3.63) is 33.8 Å². The zero-order chi connectivity index (χ0) is 12.3. The van der Waals surface area contributed by atoms with Crippen molar-refractivity contribution in [2.24, 2.45) is 0 Å². The first-order chi connectivity index (χ1) is 7.35. The van der Waals surface area contributed by atoms with Gasteiger partial charge in [-0.1, -0.05) is 6.07 Å². The van der Waals surface area contributed by atoms with Crippen molar-refractivity contribution < 1.29 is 4.79 Å². The molecule has 1 aromatic rings. The lowest BCUT2D eigenvalue weighted by Crippen LogP contribution is -2.45. The summed E-state index contributed by atoms with van der Waals surface area (Å²) in [5, 5.41) is 2.88. The lowest BCUT2D eigenvalue weighted by Gasteiger charge is -2.23. The van der Waals surface area contributed by atoms with E-state index in [0.717, 1.165) is 10.0 Å². The number of halogens is 2. The monoisotopic (exact) mass is 303 g/mol. The Bertz CT molecular complexity index is 404. The fourth-order valence-electron chi connectivity index (χ4n) is 1.21. The highest BCUT2D eigenvalue weighted by molar-refractivity contribution is 9.10. The van der Waals surface area contributed by atoms with Gasteiger partial charge in [0.2, 0.25) is 0 Å². The number of benzene rings is 1. The van der Waals surface area contributed by atoms with Crippen LogP contribution in [0.25, 0.3) is 0 Å². The van der Waals surface area contributed by atoms with Gasteiger partial charge in [0.15, 0.2) is 0 Å². The molecule has 0 aliphatic carbocycles. The Labute approximate surface area is 110 Å². The number of aryl methyl sites for hydroxylation is 1. The van der Waals surface area contributed by atoms with Crippen LogP contribution in [0.5, 0.6) is 0 Å². The number of nitrogens with one attached hydrogen (secondary N) is 1. The van der Waals surface area contributed by atoms with E-state index in [9.17, 15) is 4.79 Å². The van der Waals surface area contributed by atoms with Crippen LogP contribution >= 0.6 is 27.5 Å². The molecule has 0 bridgehead atoms. The first-order valence-electron chi connectivity index (χ1n) is 5.00. The highest BCUT2D eigenvalue weighted by Crippen LogP contribution is 2.19. The van der Waals surface area contributed by atoms with Gasteiger partial charge in [0.1, 0.15) is 0 Å². The van der Waals surface area contributed by atoms with E-state index >= 15 is 0 Å². The van der Waals surface area contributed by atoms with E-state index in [0.29, 0.717) is 11.4 Å². The van der Waals surface area contributed by atoms with E-state index in [4.69, 9.17) is 11.6 Å². The highest BCUT2D eigenvalue weighted by Gasteiger charge is 2.20. The Kier molecular flexibility index (Phi) is 4.39. The molecule has 1 rings (SSSR count). The third kappa shape index (κ3) is 3.49. The molecule has 0 spiro atoms. The molecule has 2 nitrogen and oxygen atoms in total. The van der Waals surface area contributed by atoms with E-state index in [-0.39, 0.29) is 5.91 Å². The summed E-state index contributed by atoms with van der Waals surface area (Å²) < 4.78 is 0.801.